The number of aliphatic hydroxyl groups is 1. The molecule has 17 heavy (non-hydrogen) atoms. The number of aliphatic hydroxyl groups excluding tert-OH is 1. The largest absolute Gasteiger partial charge is 0.390 e. The normalized spacial score (nSPS) is 20.1. The summed E-state index contributed by atoms with van der Waals surface area (Å²) < 4.78 is 8.31. The quantitative estimate of drug-likeness (QED) is 0.925. The number of ether oxygens (including phenoxy) is 1. The lowest BCUT2D eigenvalue weighted by atomic mass is 9.74. The van der Waals surface area contributed by atoms with Gasteiger partial charge >= 0.3 is 0 Å². The molecule has 1 aliphatic carbocycles. The van der Waals surface area contributed by atoms with E-state index in [1.54, 1.807) is 7.11 Å². The Balaban J connectivity index is 2.15. The Labute approximate surface area is 110 Å². The highest BCUT2D eigenvalue weighted by Crippen LogP contribution is 2.39. The molecule has 1 unspecified atom stereocenters. The van der Waals surface area contributed by atoms with Gasteiger partial charge in [-0.25, -0.2) is 0 Å². The van der Waals surface area contributed by atoms with Gasteiger partial charge in [0.2, 0.25) is 0 Å². The molecular weight excluding hydrogens is 284 g/mol. The Kier molecular flexibility index (Phi) is 3.61. The summed E-state index contributed by atoms with van der Waals surface area (Å²) in [7, 11) is 3.59. The zero-order valence-corrected chi connectivity index (χ0v) is 12.1. The predicted octanol–water partition coefficient (Wildman–Crippen LogP) is 1.96. The van der Waals surface area contributed by atoms with Crippen molar-refractivity contribution in [1.82, 2.24) is 9.78 Å². The van der Waals surface area contributed by atoms with Gasteiger partial charge < -0.3 is 9.84 Å². The van der Waals surface area contributed by atoms with Crippen molar-refractivity contribution < 1.29 is 9.84 Å². The zero-order valence-electron chi connectivity index (χ0n) is 10.5. The molecule has 96 valence electrons. The fourth-order valence-corrected chi connectivity index (χ4v) is 2.97. The van der Waals surface area contributed by atoms with Gasteiger partial charge in [0, 0.05) is 20.6 Å². The van der Waals surface area contributed by atoms with E-state index in [2.05, 4.69) is 21.0 Å². The van der Waals surface area contributed by atoms with Crippen LogP contribution in [0.2, 0.25) is 0 Å². The summed E-state index contributed by atoms with van der Waals surface area (Å²) in [5.41, 5.74) is 1.64. The molecule has 1 heterocycles. The molecule has 1 atom stereocenters. The number of methoxy groups -OCH3 is 1. The third kappa shape index (κ3) is 2.16. The molecule has 1 saturated carbocycles. The van der Waals surface area contributed by atoms with Crippen LogP contribution >= 0.6 is 15.9 Å². The fraction of sp³-hybridized carbons (Fsp3) is 0.750. The lowest BCUT2D eigenvalue weighted by Crippen LogP contribution is -2.51. The second kappa shape index (κ2) is 4.71. The van der Waals surface area contributed by atoms with Crippen molar-refractivity contribution in [2.24, 2.45) is 7.05 Å². The molecule has 0 spiro atoms. The monoisotopic (exact) mass is 302 g/mol. The SMILES string of the molecule is COC1(C(O)Cc2c(Br)c(C)nn2C)CCC1. The van der Waals surface area contributed by atoms with Crippen molar-refractivity contribution in [3.8, 4) is 0 Å². The Morgan fingerprint density at radius 1 is 1.59 bits per heavy atom. The molecule has 1 fully saturated rings. The minimum Gasteiger partial charge on any atom is -0.390 e. The van der Waals surface area contributed by atoms with Gasteiger partial charge in [-0.15, -0.1) is 0 Å². The molecule has 1 aliphatic rings. The first-order valence-electron chi connectivity index (χ1n) is 5.91. The van der Waals surface area contributed by atoms with Crippen molar-refractivity contribution in [1.29, 1.82) is 0 Å². The van der Waals surface area contributed by atoms with Gasteiger partial charge in [0.15, 0.2) is 0 Å². The standard InChI is InChI=1S/C12H19BrN2O2/c1-8-11(13)9(15(2)14-8)7-10(16)12(17-3)5-4-6-12/h10,16H,4-7H2,1-3H3. The highest BCUT2D eigenvalue weighted by atomic mass is 79.9. The van der Waals surface area contributed by atoms with E-state index >= 15 is 0 Å². The number of hydrogen-bond donors (Lipinski definition) is 1. The summed E-state index contributed by atoms with van der Waals surface area (Å²) in [5.74, 6) is 0. The van der Waals surface area contributed by atoms with Crippen LogP contribution in [0.5, 0.6) is 0 Å². The number of halogens is 1. The van der Waals surface area contributed by atoms with E-state index in [1.807, 2.05) is 18.7 Å². The number of aryl methyl sites for hydroxylation is 2. The summed E-state index contributed by atoms with van der Waals surface area (Å²) in [6, 6.07) is 0. The molecule has 2 rings (SSSR count). The molecule has 1 aromatic heterocycles. The van der Waals surface area contributed by atoms with E-state index in [4.69, 9.17) is 4.74 Å². The first-order valence-corrected chi connectivity index (χ1v) is 6.70. The van der Waals surface area contributed by atoms with Crippen LogP contribution in [0, 0.1) is 6.92 Å². The molecule has 1 N–H and O–H groups in total. The Hall–Kier alpha value is -0.390. The smallest absolute Gasteiger partial charge is 0.0940 e. The zero-order chi connectivity index (χ0) is 12.6. The topological polar surface area (TPSA) is 47.3 Å². The van der Waals surface area contributed by atoms with Crippen LogP contribution in [0.1, 0.15) is 30.7 Å². The molecule has 0 aromatic carbocycles. The minimum atomic E-state index is -0.465. The Morgan fingerprint density at radius 2 is 2.24 bits per heavy atom. The average molecular weight is 303 g/mol. The van der Waals surface area contributed by atoms with Gasteiger partial charge in [0.1, 0.15) is 0 Å². The number of hydrogen-bond acceptors (Lipinski definition) is 3. The molecule has 0 saturated heterocycles. The van der Waals surface area contributed by atoms with Crippen LogP contribution in [-0.2, 0) is 18.2 Å². The molecule has 4 nitrogen and oxygen atoms in total. The summed E-state index contributed by atoms with van der Waals surface area (Å²) in [4.78, 5) is 0. The first-order chi connectivity index (χ1) is 8.00. The van der Waals surface area contributed by atoms with E-state index in [9.17, 15) is 5.11 Å². The van der Waals surface area contributed by atoms with Gasteiger partial charge in [-0.2, -0.15) is 5.10 Å². The van der Waals surface area contributed by atoms with E-state index in [0.717, 1.165) is 35.1 Å². The highest BCUT2D eigenvalue weighted by molar-refractivity contribution is 9.10. The van der Waals surface area contributed by atoms with Crippen LogP contribution in [-0.4, -0.2) is 33.7 Å². The van der Waals surface area contributed by atoms with E-state index < -0.39 is 6.10 Å². The maximum Gasteiger partial charge on any atom is 0.0940 e. The van der Waals surface area contributed by atoms with Crippen molar-refractivity contribution in [3.63, 3.8) is 0 Å². The summed E-state index contributed by atoms with van der Waals surface area (Å²) >= 11 is 3.52. The first kappa shape index (κ1) is 13.1. The van der Waals surface area contributed by atoms with E-state index in [-0.39, 0.29) is 5.60 Å². The number of nitrogens with zero attached hydrogens (tertiary/aromatic N) is 2. The summed E-state index contributed by atoms with van der Waals surface area (Å²) in [6.45, 7) is 1.95. The predicted molar refractivity (Wildman–Crippen MR) is 68.9 cm³/mol. The molecule has 0 radical (unpaired) electrons. The third-order valence-electron chi connectivity index (χ3n) is 3.86. The minimum absolute atomic E-state index is 0.336. The number of aromatic nitrogens is 2. The van der Waals surface area contributed by atoms with Crippen molar-refractivity contribution >= 4 is 15.9 Å². The maximum atomic E-state index is 10.3. The second-order valence-corrected chi connectivity index (χ2v) is 5.61. The molecular formula is C12H19BrN2O2. The lowest BCUT2D eigenvalue weighted by molar-refractivity contribution is -0.149. The summed E-state index contributed by atoms with van der Waals surface area (Å²) in [6.07, 6.45) is 3.13. The van der Waals surface area contributed by atoms with Gasteiger partial charge in [0.05, 0.1) is 27.6 Å². The van der Waals surface area contributed by atoms with Gasteiger partial charge in [-0.05, 0) is 42.1 Å². The summed E-state index contributed by atoms with van der Waals surface area (Å²) in [5, 5.41) is 14.7. The van der Waals surface area contributed by atoms with Crippen LogP contribution in [0.15, 0.2) is 4.47 Å². The van der Waals surface area contributed by atoms with Crippen molar-refractivity contribution in [2.45, 2.75) is 44.3 Å². The van der Waals surface area contributed by atoms with Crippen LogP contribution in [0.25, 0.3) is 0 Å². The van der Waals surface area contributed by atoms with E-state index in [1.165, 1.54) is 0 Å². The third-order valence-corrected chi connectivity index (χ3v) is 4.89. The number of rotatable bonds is 4. The van der Waals surface area contributed by atoms with Gasteiger partial charge in [-0.1, -0.05) is 0 Å². The van der Waals surface area contributed by atoms with Crippen LogP contribution in [0.3, 0.4) is 0 Å². The lowest BCUT2D eigenvalue weighted by Gasteiger charge is -2.44. The second-order valence-electron chi connectivity index (χ2n) is 4.81. The average Bonchev–Trinajstić information content (AvgIpc) is 2.44. The fourth-order valence-electron chi connectivity index (χ4n) is 2.47. The van der Waals surface area contributed by atoms with Crippen molar-refractivity contribution in [3.05, 3.63) is 15.9 Å². The molecule has 0 bridgehead atoms. The van der Waals surface area contributed by atoms with E-state index in [0.29, 0.717) is 6.42 Å². The maximum absolute atomic E-state index is 10.3. The highest BCUT2D eigenvalue weighted by Gasteiger charge is 2.44. The van der Waals surface area contributed by atoms with Crippen LogP contribution < -0.4 is 0 Å². The van der Waals surface area contributed by atoms with Gasteiger partial charge in [0.25, 0.3) is 0 Å². The molecule has 1 aromatic rings. The molecule has 0 amide bonds. The van der Waals surface area contributed by atoms with Crippen molar-refractivity contribution in [2.75, 3.05) is 7.11 Å². The Morgan fingerprint density at radius 3 is 2.59 bits per heavy atom. The Bertz CT molecular complexity index is 407. The van der Waals surface area contributed by atoms with Gasteiger partial charge in [-0.3, -0.25) is 4.68 Å². The molecule has 5 heteroatoms. The molecule has 0 aliphatic heterocycles. The van der Waals surface area contributed by atoms with Crippen LogP contribution in [0.4, 0.5) is 0 Å².